The molecule has 1 heterocycles. The molecule has 3 aromatic rings. The van der Waals surface area contributed by atoms with Crippen molar-refractivity contribution in [2.24, 2.45) is 0 Å². The quantitative estimate of drug-likeness (QED) is 0.503. The molecular weight excluding hydrogens is 420 g/mol. The van der Waals surface area contributed by atoms with Crippen LogP contribution in [0.3, 0.4) is 0 Å². The first kappa shape index (κ1) is 22.0. The lowest BCUT2D eigenvalue weighted by Crippen LogP contribution is -2.28. The van der Waals surface area contributed by atoms with Crippen molar-refractivity contribution >= 4 is 33.4 Å². The molecular formula is C22H24N2O4S2. The summed E-state index contributed by atoms with van der Waals surface area (Å²) in [6, 6.07) is 17.1. The molecule has 0 fully saturated rings. The molecule has 30 heavy (non-hydrogen) atoms. The highest BCUT2D eigenvalue weighted by Gasteiger charge is 2.22. The number of hydrogen-bond donors (Lipinski definition) is 1. The van der Waals surface area contributed by atoms with Crippen molar-refractivity contribution in [3.63, 3.8) is 0 Å². The number of carbonyl (C=O) groups is 1. The number of carbonyl (C=O) groups excluding carboxylic acids is 1. The Kier molecular flexibility index (Phi) is 7.23. The largest absolute Gasteiger partial charge is 0.468 e. The monoisotopic (exact) mass is 444 g/mol. The van der Waals surface area contributed by atoms with Crippen LogP contribution in [0.15, 0.2) is 76.2 Å². The van der Waals surface area contributed by atoms with Crippen LogP contribution in [0.25, 0.3) is 0 Å². The first-order valence-corrected chi connectivity index (χ1v) is 12.0. The molecule has 158 valence electrons. The van der Waals surface area contributed by atoms with Gasteiger partial charge in [0.2, 0.25) is 0 Å². The molecule has 0 bridgehead atoms. The Bertz CT molecular complexity index is 1100. The van der Waals surface area contributed by atoms with E-state index in [-0.39, 0.29) is 10.8 Å². The molecule has 0 saturated carbocycles. The van der Waals surface area contributed by atoms with Crippen LogP contribution < -0.4 is 9.62 Å². The molecule has 2 aromatic carbocycles. The molecule has 0 spiro atoms. The van der Waals surface area contributed by atoms with Gasteiger partial charge in [0.1, 0.15) is 5.76 Å². The molecule has 3 rings (SSSR count). The average molecular weight is 445 g/mol. The van der Waals surface area contributed by atoms with Crippen LogP contribution in [-0.2, 0) is 15.8 Å². The molecule has 1 amide bonds. The Morgan fingerprint density at radius 3 is 2.63 bits per heavy atom. The minimum atomic E-state index is -3.78. The summed E-state index contributed by atoms with van der Waals surface area (Å²) >= 11 is 1.65. The van der Waals surface area contributed by atoms with Crippen molar-refractivity contribution in [1.82, 2.24) is 5.32 Å². The molecule has 6 nitrogen and oxygen atoms in total. The summed E-state index contributed by atoms with van der Waals surface area (Å²) in [4.78, 5) is 12.5. The number of benzene rings is 2. The maximum atomic E-state index is 13.0. The second-order valence-electron chi connectivity index (χ2n) is 6.73. The van der Waals surface area contributed by atoms with Gasteiger partial charge < -0.3 is 9.73 Å². The van der Waals surface area contributed by atoms with Gasteiger partial charge in [-0.15, -0.1) is 0 Å². The first-order valence-electron chi connectivity index (χ1n) is 9.42. The predicted octanol–water partition coefficient (Wildman–Crippen LogP) is 4.08. The standard InChI is InChI=1S/C22H24N2O4S2/c1-17-6-3-8-19(14-17)24(2)30(26,27)21-10-4-7-18(15-21)22(25)23-11-13-29-16-20-9-5-12-28-20/h3-10,12,14-15H,11,13,16H2,1-2H3,(H,23,25). The van der Waals surface area contributed by atoms with Crippen molar-refractivity contribution in [2.45, 2.75) is 17.6 Å². The molecule has 0 aliphatic heterocycles. The van der Waals surface area contributed by atoms with Gasteiger partial charge in [-0.3, -0.25) is 9.10 Å². The van der Waals surface area contributed by atoms with Gasteiger partial charge in [0.05, 0.1) is 22.6 Å². The maximum Gasteiger partial charge on any atom is 0.264 e. The zero-order chi connectivity index (χ0) is 21.6. The number of thioether (sulfide) groups is 1. The number of hydrogen-bond acceptors (Lipinski definition) is 5. The topological polar surface area (TPSA) is 79.6 Å². The zero-order valence-corrected chi connectivity index (χ0v) is 18.5. The fraction of sp³-hybridized carbons (Fsp3) is 0.227. The lowest BCUT2D eigenvalue weighted by atomic mass is 10.2. The van der Waals surface area contributed by atoms with Gasteiger partial charge in [0.15, 0.2) is 0 Å². The van der Waals surface area contributed by atoms with E-state index in [9.17, 15) is 13.2 Å². The number of anilines is 1. The van der Waals surface area contributed by atoms with E-state index in [0.717, 1.165) is 22.8 Å². The van der Waals surface area contributed by atoms with Crippen molar-refractivity contribution in [2.75, 3.05) is 23.7 Å². The summed E-state index contributed by atoms with van der Waals surface area (Å²) in [5.74, 6) is 2.05. The third-order valence-electron chi connectivity index (χ3n) is 4.48. The van der Waals surface area contributed by atoms with Crippen LogP contribution in [0.1, 0.15) is 21.7 Å². The number of aryl methyl sites for hydroxylation is 1. The summed E-state index contributed by atoms with van der Waals surface area (Å²) < 4.78 is 32.5. The second kappa shape index (κ2) is 9.86. The van der Waals surface area contributed by atoms with E-state index >= 15 is 0 Å². The van der Waals surface area contributed by atoms with Crippen LogP contribution in [0.4, 0.5) is 5.69 Å². The normalized spacial score (nSPS) is 11.3. The van der Waals surface area contributed by atoms with Gasteiger partial charge >= 0.3 is 0 Å². The Hall–Kier alpha value is -2.71. The second-order valence-corrected chi connectivity index (χ2v) is 9.80. The summed E-state index contributed by atoms with van der Waals surface area (Å²) in [6.45, 7) is 2.38. The van der Waals surface area contributed by atoms with Gasteiger partial charge in [0.25, 0.3) is 15.9 Å². The summed E-state index contributed by atoms with van der Waals surface area (Å²) in [5.41, 5.74) is 1.84. The number of rotatable bonds is 9. The maximum absolute atomic E-state index is 13.0. The Morgan fingerprint density at radius 2 is 1.90 bits per heavy atom. The van der Waals surface area contributed by atoms with Gasteiger partial charge in [-0.25, -0.2) is 8.42 Å². The number of amides is 1. The van der Waals surface area contributed by atoms with Crippen LogP contribution >= 0.6 is 11.8 Å². The molecule has 0 aliphatic rings. The smallest absolute Gasteiger partial charge is 0.264 e. The predicted molar refractivity (Wildman–Crippen MR) is 120 cm³/mol. The highest BCUT2D eigenvalue weighted by atomic mass is 32.2. The van der Waals surface area contributed by atoms with Crippen LogP contribution in [0, 0.1) is 6.92 Å². The lowest BCUT2D eigenvalue weighted by molar-refractivity contribution is 0.0956. The third kappa shape index (κ3) is 5.46. The highest BCUT2D eigenvalue weighted by Crippen LogP contribution is 2.23. The molecule has 0 atom stereocenters. The molecule has 0 radical (unpaired) electrons. The number of furan rings is 1. The Labute approximate surface area is 181 Å². The molecule has 0 unspecified atom stereocenters. The van der Waals surface area contributed by atoms with E-state index in [2.05, 4.69) is 5.32 Å². The van der Waals surface area contributed by atoms with E-state index in [0.29, 0.717) is 17.8 Å². The SMILES string of the molecule is Cc1cccc(N(C)S(=O)(=O)c2cccc(C(=O)NCCSCc3ccco3)c2)c1. The minimum Gasteiger partial charge on any atom is -0.468 e. The fourth-order valence-corrected chi connectivity index (χ4v) is 4.81. The zero-order valence-electron chi connectivity index (χ0n) is 16.9. The highest BCUT2D eigenvalue weighted by molar-refractivity contribution is 7.98. The van der Waals surface area contributed by atoms with Gasteiger partial charge in [0, 0.05) is 24.9 Å². The number of nitrogens with zero attached hydrogens (tertiary/aromatic N) is 1. The molecule has 0 saturated heterocycles. The van der Waals surface area contributed by atoms with Crippen LogP contribution in [-0.4, -0.2) is 33.7 Å². The van der Waals surface area contributed by atoms with E-state index in [1.165, 1.54) is 23.5 Å². The Balaban J connectivity index is 1.62. The molecule has 1 N–H and O–H groups in total. The fourth-order valence-electron chi connectivity index (χ4n) is 2.82. The third-order valence-corrected chi connectivity index (χ3v) is 7.24. The summed E-state index contributed by atoms with van der Waals surface area (Å²) in [5, 5.41) is 2.83. The summed E-state index contributed by atoms with van der Waals surface area (Å²) in [7, 11) is -2.27. The lowest BCUT2D eigenvalue weighted by Gasteiger charge is -2.20. The van der Waals surface area contributed by atoms with Crippen molar-refractivity contribution in [3.05, 3.63) is 83.8 Å². The molecule has 1 aromatic heterocycles. The molecule has 0 aliphatic carbocycles. The van der Waals surface area contributed by atoms with E-state index in [4.69, 9.17) is 4.42 Å². The molecule has 8 heteroatoms. The van der Waals surface area contributed by atoms with Crippen LogP contribution in [0.2, 0.25) is 0 Å². The van der Waals surface area contributed by atoms with Crippen molar-refractivity contribution in [1.29, 1.82) is 0 Å². The van der Waals surface area contributed by atoms with E-state index in [1.54, 1.807) is 42.3 Å². The number of sulfonamides is 1. The minimum absolute atomic E-state index is 0.0753. The summed E-state index contributed by atoms with van der Waals surface area (Å²) in [6.07, 6.45) is 1.63. The van der Waals surface area contributed by atoms with Gasteiger partial charge in [-0.1, -0.05) is 18.2 Å². The van der Waals surface area contributed by atoms with Crippen molar-refractivity contribution < 1.29 is 17.6 Å². The van der Waals surface area contributed by atoms with E-state index < -0.39 is 10.0 Å². The van der Waals surface area contributed by atoms with Crippen molar-refractivity contribution in [3.8, 4) is 0 Å². The number of nitrogens with one attached hydrogen (secondary N) is 1. The first-order chi connectivity index (χ1) is 14.4. The van der Waals surface area contributed by atoms with Crippen LogP contribution in [0.5, 0.6) is 0 Å². The van der Waals surface area contributed by atoms with E-state index in [1.807, 2.05) is 31.2 Å². The van der Waals surface area contributed by atoms with Gasteiger partial charge in [-0.05, 0) is 55.0 Å². The Morgan fingerprint density at radius 1 is 1.10 bits per heavy atom. The van der Waals surface area contributed by atoms with Gasteiger partial charge in [-0.2, -0.15) is 11.8 Å². The average Bonchev–Trinajstić information content (AvgIpc) is 3.26.